The van der Waals surface area contributed by atoms with Crippen molar-refractivity contribution >= 4 is 45.1 Å². The molecular weight excluding hydrogens is 464 g/mol. The molecule has 1 N–H and O–H groups in total. The van der Waals surface area contributed by atoms with Gasteiger partial charge in [0.2, 0.25) is 0 Å². The molecule has 1 saturated heterocycles. The number of urea groups is 1. The number of carbonyl (C=O) groups is 3. The Balaban J connectivity index is 1.40. The number of esters is 1. The molecule has 4 rings (SSSR count). The Morgan fingerprint density at radius 1 is 1.17 bits per heavy atom. The molecule has 0 radical (unpaired) electrons. The van der Waals surface area contributed by atoms with Gasteiger partial charge in [-0.1, -0.05) is 12.2 Å². The highest BCUT2D eigenvalue weighted by atomic mass is 32.1. The molecule has 0 aliphatic carbocycles. The van der Waals surface area contributed by atoms with E-state index in [-0.39, 0.29) is 18.0 Å². The largest absolute Gasteiger partial charge is 0.462 e. The Bertz CT molecular complexity index is 1260. The summed E-state index contributed by atoms with van der Waals surface area (Å²) in [5.74, 6) is -0.426. The van der Waals surface area contributed by atoms with Crippen LogP contribution in [0.25, 0.3) is 10.2 Å². The Morgan fingerprint density at radius 3 is 2.57 bits per heavy atom. The summed E-state index contributed by atoms with van der Waals surface area (Å²) in [7, 11) is 0. The van der Waals surface area contributed by atoms with Crippen LogP contribution in [0.5, 0.6) is 0 Å². The third-order valence-electron chi connectivity index (χ3n) is 5.97. The van der Waals surface area contributed by atoms with Gasteiger partial charge in [-0.15, -0.1) is 11.3 Å². The zero-order chi connectivity index (χ0) is 25.1. The van der Waals surface area contributed by atoms with Crippen molar-refractivity contribution in [2.75, 3.05) is 31.6 Å². The van der Waals surface area contributed by atoms with Gasteiger partial charge in [0.1, 0.15) is 10.5 Å². The maximum atomic E-state index is 13.4. The number of carbonyl (C=O) groups excluding carboxylic acids is 3. The Morgan fingerprint density at radius 2 is 1.91 bits per heavy atom. The fraction of sp³-hybridized carbons (Fsp3) is 0.346. The summed E-state index contributed by atoms with van der Waals surface area (Å²) in [6, 6.07) is 10.2. The Kier molecular flexibility index (Phi) is 7.25. The number of benzene rings is 1. The predicted octanol–water partition coefficient (Wildman–Crippen LogP) is 4.83. The zero-order valence-electron chi connectivity index (χ0n) is 20.2. The summed E-state index contributed by atoms with van der Waals surface area (Å²) in [6.07, 6.45) is 0. The molecule has 2 aromatic heterocycles. The van der Waals surface area contributed by atoms with E-state index in [9.17, 15) is 14.4 Å². The van der Waals surface area contributed by atoms with Crippen LogP contribution in [0, 0.1) is 0 Å². The third-order valence-corrected chi connectivity index (χ3v) is 6.92. The van der Waals surface area contributed by atoms with Gasteiger partial charge < -0.3 is 24.4 Å². The first-order chi connectivity index (χ1) is 16.8. The van der Waals surface area contributed by atoms with Gasteiger partial charge >= 0.3 is 12.0 Å². The van der Waals surface area contributed by atoms with Gasteiger partial charge in [-0.3, -0.25) is 4.79 Å². The van der Waals surface area contributed by atoms with Crippen molar-refractivity contribution in [1.29, 1.82) is 0 Å². The molecule has 3 heterocycles. The summed E-state index contributed by atoms with van der Waals surface area (Å²) < 4.78 is 7.02. The topological polar surface area (TPSA) is 83.9 Å². The second-order valence-electron chi connectivity index (χ2n) is 8.78. The molecule has 1 fully saturated rings. The quantitative estimate of drug-likeness (QED) is 0.393. The number of allylic oxidation sites excluding steroid dienone is 1. The van der Waals surface area contributed by atoms with Crippen LogP contribution in [-0.4, -0.2) is 64.6 Å². The number of nitrogens with zero attached hydrogens (tertiary/aromatic N) is 3. The number of amides is 3. The Hall–Kier alpha value is -3.59. The number of hydrogen-bond donors (Lipinski definition) is 1. The number of piperazine rings is 1. The molecule has 1 unspecified atom stereocenters. The molecule has 1 aliphatic heterocycles. The third kappa shape index (κ3) is 5.24. The van der Waals surface area contributed by atoms with Crippen LogP contribution >= 0.6 is 11.3 Å². The SMILES string of the molecule is C=C(C)Cn1c(C(=O)N2CCN(C(=O)Nc3ccc(C(=O)OCC)cc3)C(C)C2)cc2ccsc21. The average molecular weight is 495 g/mol. The first-order valence-electron chi connectivity index (χ1n) is 11.6. The molecule has 1 atom stereocenters. The summed E-state index contributed by atoms with van der Waals surface area (Å²) in [5, 5.41) is 5.96. The molecule has 8 nitrogen and oxygen atoms in total. The minimum atomic E-state index is -0.394. The Labute approximate surface area is 208 Å². The molecule has 3 aromatic rings. The van der Waals surface area contributed by atoms with E-state index in [0.29, 0.717) is 49.7 Å². The second kappa shape index (κ2) is 10.4. The first kappa shape index (κ1) is 24.5. The van der Waals surface area contributed by atoms with E-state index in [4.69, 9.17) is 4.74 Å². The van der Waals surface area contributed by atoms with E-state index in [2.05, 4.69) is 11.9 Å². The van der Waals surface area contributed by atoms with Crippen molar-refractivity contribution in [3.05, 3.63) is 65.2 Å². The van der Waals surface area contributed by atoms with Crippen LogP contribution in [0.1, 0.15) is 41.6 Å². The number of fused-ring (bicyclic) bond motifs is 1. The lowest BCUT2D eigenvalue weighted by molar-refractivity contribution is 0.0525. The molecular formula is C26H30N4O4S. The fourth-order valence-corrected chi connectivity index (χ4v) is 5.18. The number of thiophene rings is 1. The van der Waals surface area contributed by atoms with E-state index in [1.807, 2.05) is 40.8 Å². The summed E-state index contributed by atoms with van der Waals surface area (Å²) in [5.41, 5.74) is 2.66. The number of aromatic nitrogens is 1. The molecule has 9 heteroatoms. The smallest absolute Gasteiger partial charge is 0.338 e. The van der Waals surface area contributed by atoms with E-state index in [1.165, 1.54) is 0 Å². The number of anilines is 1. The summed E-state index contributed by atoms with van der Waals surface area (Å²) >= 11 is 1.62. The van der Waals surface area contributed by atoms with Crippen LogP contribution in [0.4, 0.5) is 10.5 Å². The lowest BCUT2D eigenvalue weighted by atomic mass is 10.1. The normalized spacial score (nSPS) is 15.8. The van der Waals surface area contributed by atoms with Crippen LogP contribution in [-0.2, 0) is 11.3 Å². The highest BCUT2D eigenvalue weighted by Gasteiger charge is 2.32. The molecule has 35 heavy (non-hydrogen) atoms. The maximum Gasteiger partial charge on any atom is 0.338 e. The number of hydrogen-bond acceptors (Lipinski definition) is 5. The first-order valence-corrected chi connectivity index (χ1v) is 12.5. The highest BCUT2D eigenvalue weighted by molar-refractivity contribution is 7.16. The summed E-state index contributed by atoms with van der Waals surface area (Å²) in [6.45, 7) is 11.9. The standard InChI is InChI=1S/C26H30N4O4S/c1-5-34-25(32)19-6-8-21(9-7-19)27-26(33)29-12-11-28(16-18(29)4)23(31)22-14-20-10-13-35-24(20)30(22)15-17(2)3/h6-10,13-14,18H,2,5,11-12,15-16H2,1,3-4H3,(H,27,33). The maximum absolute atomic E-state index is 13.4. The fourth-order valence-electron chi connectivity index (χ4n) is 4.28. The monoisotopic (exact) mass is 494 g/mol. The van der Waals surface area contributed by atoms with Crippen molar-refractivity contribution < 1.29 is 19.1 Å². The van der Waals surface area contributed by atoms with E-state index >= 15 is 0 Å². The van der Waals surface area contributed by atoms with Gasteiger partial charge in [-0.05, 0) is 62.5 Å². The van der Waals surface area contributed by atoms with Gasteiger partial charge in [0.25, 0.3) is 5.91 Å². The van der Waals surface area contributed by atoms with E-state index in [0.717, 1.165) is 15.8 Å². The van der Waals surface area contributed by atoms with Crippen LogP contribution in [0.15, 0.2) is 53.9 Å². The molecule has 1 aromatic carbocycles. The predicted molar refractivity (Wildman–Crippen MR) is 138 cm³/mol. The molecule has 3 amide bonds. The second-order valence-corrected chi connectivity index (χ2v) is 9.67. The molecule has 1 aliphatic rings. The van der Waals surface area contributed by atoms with Crippen molar-refractivity contribution in [3.8, 4) is 0 Å². The molecule has 0 spiro atoms. The minimum Gasteiger partial charge on any atom is -0.462 e. The minimum absolute atomic E-state index is 0.0314. The van der Waals surface area contributed by atoms with Crippen molar-refractivity contribution in [2.45, 2.75) is 33.4 Å². The summed E-state index contributed by atoms with van der Waals surface area (Å²) in [4.78, 5) is 42.8. The van der Waals surface area contributed by atoms with Gasteiger partial charge in [0.15, 0.2) is 0 Å². The molecule has 184 valence electrons. The zero-order valence-corrected chi connectivity index (χ0v) is 21.1. The number of ether oxygens (including phenoxy) is 1. The lowest BCUT2D eigenvalue weighted by Gasteiger charge is -2.39. The number of nitrogens with one attached hydrogen (secondary N) is 1. The van der Waals surface area contributed by atoms with Gasteiger partial charge in [0, 0.05) is 43.3 Å². The molecule has 0 saturated carbocycles. The van der Waals surface area contributed by atoms with Crippen LogP contribution < -0.4 is 5.32 Å². The number of rotatable bonds is 6. The lowest BCUT2D eigenvalue weighted by Crippen LogP contribution is -2.56. The average Bonchev–Trinajstić information content (AvgIpc) is 3.41. The van der Waals surface area contributed by atoms with Crippen molar-refractivity contribution in [2.24, 2.45) is 0 Å². The van der Waals surface area contributed by atoms with Gasteiger partial charge in [-0.2, -0.15) is 0 Å². The van der Waals surface area contributed by atoms with Gasteiger partial charge in [0.05, 0.1) is 12.2 Å². The molecule has 0 bridgehead atoms. The van der Waals surface area contributed by atoms with Gasteiger partial charge in [-0.25, -0.2) is 9.59 Å². The van der Waals surface area contributed by atoms with Crippen LogP contribution in [0.3, 0.4) is 0 Å². The van der Waals surface area contributed by atoms with E-state index < -0.39 is 5.97 Å². The highest BCUT2D eigenvalue weighted by Crippen LogP contribution is 2.27. The van der Waals surface area contributed by atoms with Crippen LogP contribution in [0.2, 0.25) is 0 Å². The van der Waals surface area contributed by atoms with Crippen molar-refractivity contribution in [3.63, 3.8) is 0 Å². The van der Waals surface area contributed by atoms with Crippen molar-refractivity contribution in [1.82, 2.24) is 14.4 Å². The van der Waals surface area contributed by atoms with E-state index in [1.54, 1.807) is 47.4 Å².